The number of carbonyl (C=O) groups excluding carboxylic acids is 3. The standard InChI is InChI=1S/C31H23ClN2O5/c32-28-12-5-4-10-23(28)20-39-26-11-6-9-22(17-26)18-27-29(35)33-31(37)34(30(27)36)24-13-15-25(16-14-24)38-19-21-7-2-1-3-8-21/h1-18H,19-20H2,(H,33,35,37)/b27-18-. The van der Waals surface area contributed by atoms with Crippen LogP contribution in [0.4, 0.5) is 10.5 Å². The highest BCUT2D eigenvalue weighted by atomic mass is 35.5. The molecule has 1 N–H and O–H groups in total. The quantitative estimate of drug-likeness (QED) is 0.214. The van der Waals surface area contributed by atoms with Crippen molar-refractivity contribution >= 4 is 41.2 Å². The molecule has 0 radical (unpaired) electrons. The molecule has 194 valence electrons. The fraction of sp³-hybridized carbons (Fsp3) is 0.0645. The van der Waals surface area contributed by atoms with Crippen molar-refractivity contribution in [2.24, 2.45) is 0 Å². The van der Waals surface area contributed by atoms with Crippen LogP contribution in [0.5, 0.6) is 11.5 Å². The van der Waals surface area contributed by atoms with Crippen LogP contribution in [0.3, 0.4) is 0 Å². The van der Waals surface area contributed by atoms with Gasteiger partial charge < -0.3 is 9.47 Å². The van der Waals surface area contributed by atoms with Gasteiger partial charge in [0.15, 0.2) is 0 Å². The van der Waals surface area contributed by atoms with Crippen LogP contribution >= 0.6 is 11.6 Å². The van der Waals surface area contributed by atoms with Crippen LogP contribution in [0.2, 0.25) is 5.02 Å². The number of amides is 4. The van der Waals surface area contributed by atoms with Gasteiger partial charge in [0.1, 0.15) is 30.3 Å². The van der Waals surface area contributed by atoms with Crippen LogP contribution in [-0.2, 0) is 22.8 Å². The molecule has 0 saturated carbocycles. The molecule has 0 atom stereocenters. The summed E-state index contributed by atoms with van der Waals surface area (Å²) in [6.45, 7) is 0.637. The van der Waals surface area contributed by atoms with Gasteiger partial charge in [-0.2, -0.15) is 0 Å². The number of hydrogen-bond acceptors (Lipinski definition) is 5. The van der Waals surface area contributed by atoms with E-state index in [0.717, 1.165) is 16.0 Å². The number of ether oxygens (including phenoxy) is 2. The van der Waals surface area contributed by atoms with Crippen molar-refractivity contribution in [3.05, 3.63) is 130 Å². The number of urea groups is 1. The molecular weight excluding hydrogens is 516 g/mol. The summed E-state index contributed by atoms with van der Waals surface area (Å²) in [7, 11) is 0. The van der Waals surface area contributed by atoms with E-state index in [1.807, 2.05) is 48.5 Å². The molecule has 5 rings (SSSR count). The van der Waals surface area contributed by atoms with Crippen molar-refractivity contribution in [3.8, 4) is 11.5 Å². The lowest BCUT2D eigenvalue weighted by molar-refractivity contribution is -0.122. The molecule has 0 spiro atoms. The lowest BCUT2D eigenvalue weighted by Crippen LogP contribution is -2.54. The third-order valence-corrected chi connectivity index (χ3v) is 6.33. The smallest absolute Gasteiger partial charge is 0.335 e. The predicted octanol–water partition coefficient (Wildman–Crippen LogP) is 6.16. The van der Waals surface area contributed by atoms with E-state index in [1.165, 1.54) is 6.08 Å². The van der Waals surface area contributed by atoms with Crippen molar-refractivity contribution in [2.75, 3.05) is 4.90 Å². The maximum Gasteiger partial charge on any atom is 0.335 e. The van der Waals surface area contributed by atoms with E-state index in [4.69, 9.17) is 21.1 Å². The molecule has 0 aliphatic carbocycles. The normalized spacial score (nSPS) is 14.3. The Balaban J connectivity index is 1.31. The average molecular weight is 539 g/mol. The van der Waals surface area contributed by atoms with Gasteiger partial charge in [-0.05, 0) is 59.7 Å². The van der Waals surface area contributed by atoms with E-state index in [-0.39, 0.29) is 12.2 Å². The Morgan fingerprint density at radius 1 is 0.744 bits per heavy atom. The summed E-state index contributed by atoms with van der Waals surface area (Å²) >= 11 is 6.20. The molecule has 39 heavy (non-hydrogen) atoms. The number of benzene rings is 4. The summed E-state index contributed by atoms with van der Waals surface area (Å²) in [4.78, 5) is 39.4. The fourth-order valence-electron chi connectivity index (χ4n) is 3.96. The highest BCUT2D eigenvalue weighted by molar-refractivity contribution is 6.39. The second kappa shape index (κ2) is 11.7. The largest absolute Gasteiger partial charge is 0.489 e. The van der Waals surface area contributed by atoms with Crippen molar-refractivity contribution in [2.45, 2.75) is 13.2 Å². The van der Waals surface area contributed by atoms with Crippen LogP contribution < -0.4 is 19.7 Å². The Hall–Kier alpha value is -4.88. The third kappa shape index (κ3) is 6.17. The summed E-state index contributed by atoms with van der Waals surface area (Å²) in [5.74, 6) is -0.393. The van der Waals surface area contributed by atoms with Gasteiger partial charge in [-0.3, -0.25) is 14.9 Å². The van der Waals surface area contributed by atoms with Gasteiger partial charge in [-0.25, -0.2) is 9.69 Å². The molecule has 4 aromatic rings. The fourth-order valence-corrected chi connectivity index (χ4v) is 4.15. The minimum Gasteiger partial charge on any atom is -0.489 e. The highest BCUT2D eigenvalue weighted by Crippen LogP contribution is 2.26. The number of halogens is 1. The maximum atomic E-state index is 13.3. The topological polar surface area (TPSA) is 84.9 Å². The first-order valence-corrected chi connectivity index (χ1v) is 12.5. The van der Waals surface area contributed by atoms with Gasteiger partial charge >= 0.3 is 6.03 Å². The van der Waals surface area contributed by atoms with Crippen LogP contribution in [-0.4, -0.2) is 17.8 Å². The highest BCUT2D eigenvalue weighted by Gasteiger charge is 2.36. The zero-order chi connectivity index (χ0) is 27.2. The Morgan fingerprint density at radius 2 is 1.46 bits per heavy atom. The second-order valence-corrected chi connectivity index (χ2v) is 9.09. The summed E-state index contributed by atoms with van der Waals surface area (Å²) in [6, 6.07) is 29.7. The van der Waals surface area contributed by atoms with Crippen LogP contribution in [0, 0.1) is 0 Å². The van der Waals surface area contributed by atoms with Crippen molar-refractivity contribution in [1.82, 2.24) is 5.32 Å². The molecule has 7 nitrogen and oxygen atoms in total. The lowest BCUT2D eigenvalue weighted by Gasteiger charge is -2.26. The molecule has 1 heterocycles. The van der Waals surface area contributed by atoms with Crippen molar-refractivity contribution < 1.29 is 23.9 Å². The Bertz CT molecular complexity index is 1550. The van der Waals surface area contributed by atoms with E-state index < -0.39 is 17.8 Å². The van der Waals surface area contributed by atoms with Gasteiger partial charge in [0.05, 0.1) is 5.69 Å². The number of nitrogens with zero attached hydrogens (tertiary/aromatic N) is 1. The SMILES string of the molecule is O=C1NC(=O)N(c2ccc(OCc3ccccc3)cc2)C(=O)/C1=C\c1cccc(OCc2ccccc2Cl)c1. The first-order valence-electron chi connectivity index (χ1n) is 12.1. The molecule has 1 aliphatic rings. The first-order chi connectivity index (χ1) is 19.0. The minimum atomic E-state index is -0.822. The van der Waals surface area contributed by atoms with Crippen LogP contribution in [0.1, 0.15) is 16.7 Å². The minimum absolute atomic E-state index is 0.178. The number of anilines is 1. The van der Waals surface area contributed by atoms with Crippen LogP contribution in [0.15, 0.2) is 109 Å². The number of imide groups is 2. The molecule has 0 bridgehead atoms. The van der Waals surface area contributed by atoms with Gasteiger partial charge in [0, 0.05) is 10.6 Å². The zero-order valence-electron chi connectivity index (χ0n) is 20.7. The molecule has 1 saturated heterocycles. The van der Waals surface area contributed by atoms with Gasteiger partial charge in [0.2, 0.25) is 0 Å². The Kier molecular flexibility index (Phi) is 7.70. The second-order valence-electron chi connectivity index (χ2n) is 8.68. The molecule has 8 heteroatoms. The summed E-state index contributed by atoms with van der Waals surface area (Å²) in [5, 5.41) is 2.84. The summed E-state index contributed by atoms with van der Waals surface area (Å²) in [5.41, 5.74) is 2.53. The Morgan fingerprint density at radius 3 is 2.23 bits per heavy atom. The molecule has 1 fully saturated rings. The number of barbiturate groups is 1. The third-order valence-electron chi connectivity index (χ3n) is 5.97. The van der Waals surface area contributed by atoms with E-state index in [2.05, 4.69) is 5.32 Å². The van der Waals surface area contributed by atoms with Gasteiger partial charge in [-0.1, -0.05) is 72.3 Å². The van der Waals surface area contributed by atoms with Gasteiger partial charge in [0.25, 0.3) is 11.8 Å². The zero-order valence-corrected chi connectivity index (χ0v) is 21.4. The van der Waals surface area contributed by atoms with E-state index in [1.54, 1.807) is 54.6 Å². The molecule has 0 unspecified atom stereocenters. The first kappa shape index (κ1) is 25.8. The average Bonchev–Trinajstić information content (AvgIpc) is 2.95. The number of hydrogen-bond donors (Lipinski definition) is 1. The predicted molar refractivity (Wildman–Crippen MR) is 148 cm³/mol. The summed E-state index contributed by atoms with van der Waals surface area (Å²) < 4.78 is 11.6. The maximum absolute atomic E-state index is 13.3. The molecule has 4 amide bonds. The van der Waals surface area contributed by atoms with E-state index in [9.17, 15) is 14.4 Å². The monoisotopic (exact) mass is 538 g/mol. The number of nitrogens with one attached hydrogen (secondary N) is 1. The number of rotatable bonds is 8. The van der Waals surface area contributed by atoms with E-state index >= 15 is 0 Å². The number of carbonyl (C=O) groups is 3. The van der Waals surface area contributed by atoms with Crippen LogP contribution in [0.25, 0.3) is 6.08 Å². The Labute approximate surface area is 230 Å². The molecule has 4 aromatic carbocycles. The molecular formula is C31H23ClN2O5. The summed E-state index contributed by atoms with van der Waals surface area (Å²) in [6.07, 6.45) is 1.43. The molecule has 1 aliphatic heterocycles. The van der Waals surface area contributed by atoms with E-state index in [0.29, 0.717) is 34.4 Å². The van der Waals surface area contributed by atoms with Crippen molar-refractivity contribution in [1.29, 1.82) is 0 Å². The molecule has 0 aromatic heterocycles. The van der Waals surface area contributed by atoms with Gasteiger partial charge in [-0.15, -0.1) is 0 Å². The lowest BCUT2D eigenvalue weighted by atomic mass is 10.1. The van der Waals surface area contributed by atoms with Crippen molar-refractivity contribution in [3.63, 3.8) is 0 Å².